The zero-order valence-corrected chi connectivity index (χ0v) is 19.5. The molecule has 0 saturated carbocycles. The van der Waals surface area contributed by atoms with Gasteiger partial charge in [0.2, 0.25) is 0 Å². The normalized spacial score (nSPS) is 18.2. The van der Waals surface area contributed by atoms with Crippen LogP contribution in [0.25, 0.3) is 5.57 Å². The Morgan fingerprint density at radius 1 is 1.52 bits per heavy atom. The molecule has 150 valence electrons. The summed E-state index contributed by atoms with van der Waals surface area (Å²) in [5, 5.41) is 2.12. The molecule has 0 aromatic carbocycles. The second-order valence-corrected chi connectivity index (χ2v) is 14.6. The number of hydrogen-bond donors (Lipinski definition) is 1. The smallest absolute Gasteiger partial charge is 0.410 e. The predicted molar refractivity (Wildman–Crippen MR) is 117 cm³/mol. The maximum Gasteiger partial charge on any atom is 0.410 e. The molecule has 0 bridgehead atoms. The molecule has 0 fully saturated rings. The van der Waals surface area contributed by atoms with E-state index in [0.29, 0.717) is 13.2 Å². The summed E-state index contributed by atoms with van der Waals surface area (Å²) in [6.07, 6.45) is 4.14. The first-order valence-corrected chi connectivity index (χ1v) is 13.3. The second kappa shape index (κ2) is 8.85. The third-order valence-corrected chi connectivity index (χ3v) is 10.8. The van der Waals surface area contributed by atoms with E-state index in [9.17, 15) is 4.79 Å². The van der Waals surface area contributed by atoms with Crippen LogP contribution in [0.4, 0.5) is 4.79 Å². The van der Waals surface area contributed by atoms with Crippen molar-refractivity contribution in [3.8, 4) is 0 Å². The summed E-state index contributed by atoms with van der Waals surface area (Å²) < 4.78 is 12.4. The number of H-pyrrole nitrogens is 1. The quantitative estimate of drug-likeness (QED) is 0.365. The Hall–Kier alpha value is -1.22. The Morgan fingerprint density at radius 3 is 2.78 bits per heavy atom. The van der Waals surface area contributed by atoms with Crippen molar-refractivity contribution in [1.82, 2.24) is 9.88 Å². The zero-order valence-electron chi connectivity index (χ0n) is 16.8. The molecule has 8 heteroatoms. The van der Waals surface area contributed by atoms with Crippen LogP contribution >= 0.6 is 23.6 Å². The molecule has 2 rings (SSSR count). The van der Waals surface area contributed by atoms with E-state index in [-0.39, 0.29) is 23.8 Å². The van der Waals surface area contributed by atoms with Gasteiger partial charge in [0.1, 0.15) is 6.61 Å². The minimum absolute atomic E-state index is 0.0400. The number of amides is 1. The van der Waals surface area contributed by atoms with Gasteiger partial charge in [-0.25, -0.2) is 4.79 Å². The minimum Gasteiger partial charge on any atom is -0.445 e. The Bertz CT molecular complexity index is 761. The van der Waals surface area contributed by atoms with E-state index in [4.69, 9.17) is 21.4 Å². The molecule has 1 aliphatic heterocycles. The lowest BCUT2D eigenvalue weighted by Gasteiger charge is -2.40. The first-order chi connectivity index (χ1) is 12.5. The van der Waals surface area contributed by atoms with Gasteiger partial charge in [-0.05, 0) is 42.3 Å². The molecule has 1 aromatic rings. The highest BCUT2D eigenvalue weighted by atomic mass is 32.1. The number of aromatic amines is 1. The van der Waals surface area contributed by atoms with Crippen molar-refractivity contribution in [2.45, 2.75) is 51.4 Å². The number of nitrogens with zero attached hydrogens (tertiary/aromatic N) is 1. The SMILES string of the molecule is C=CCOC(=O)N1CC(c2csc(=S)[nH]2)=CC[C@@H]1CO[Si](C)(C)C(C)(C)C. The number of carbonyl (C=O) groups is 1. The van der Waals surface area contributed by atoms with Crippen molar-refractivity contribution >= 4 is 43.5 Å². The summed E-state index contributed by atoms with van der Waals surface area (Å²) in [6.45, 7) is 15.9. The number of carbonyl (C=O) groups excluding carboxylic acids is 1. The molecular formula is C19H30N2O3S2Si. The highest BCUT2D eigenvalue weighted by molar-refractivity contribution is 7.73. The number of rotatable bonds is 6. The van der Waals surface area contributed by atoms with E-state index in [0.717, 1.165) is 21.6 Å². The Labute approximate surface area is 172 Å². The number of ether oxygens (including phenoxy) is 1. The highest BCUT2D eigenvalue weighted by Gasteiger charge is 2.39. The zero-order chi connectivity index (χ0) is 20.2. The maximum atomic E-state index is 12.6. The van der Waals surface area contributed by atoms with Crippen LogP contribution in [-0.4, -0.2) is 50.1 Å². The highest BCUT2D eigenvalue weighted by Crippen LogP contribution is 2.37. The maximum absolute atomic E-state index is 12.6. The van der Waals surface area contributed by atoms with E-state index in [1.807, 2.05) is 5.38 Å². The van der Waals surface area contributed by atoms with Crippen LogP contribution in [0, 0.1) is 3.95 Å². The van der Waals surface area contributed by atoms with Crippen molar-refractivity contribution < 1.29 is 14.0 Å². The lowest BCUT2D eigenvalue weighted by Crippen LogP contribution is -2.49. The van der Waals surface area contributed by atoms with Gasteiger partial charge in [-0.15, -0.1) is 11.3 Å². The standard InChI is InChI=1S/C19H30N2O3S2Si/c1-7-10-23-18(22)21-11-14(16-13-26-17(25)20-16)8-9-15(21)12-24-27(5,6)19(2,3)4/h7-8,13,15H,1,9-12H2,2-6H3,(H,20,25)/t15-/m1/s1. The molecule has 1 atom stereocenters. The Balaban J connectivity index is 2.17. The molecule has 0 radical (unpaired) electrons. The van der Waals surface area contributed by atoms with Gasteiger partial charge >= 0.3 is 6.09 Å². The molecule has 0 saturated heterocycles. The van der Waals surface area contributed by atoms with Crippen LogP contribution in [0.2, 0.25) is 18.1 Å². The van der Waals surface area contributed by atoms with Crippen LogP contribution in [0.5, 0.6) is 0 Å². The van der Waals surface area contributed by atoms with Crippen molar-refractivity contribution in [3.63, 3.8) is 0 Å². The summed E-state index contributed by atoms with van der Waals surface area (Å²) in [4.78, 5) is 17.6. The first kappa shape index (κ1) is 22.1. The molecule has 1 aromatic heterocycles. The van der Waals surface area contributed by atoms with Gasteiger partial charge in [-0.3, -0.25) is 4.90 Å². The van der Waals surface area contributed by atoms with Crippen LogP contribution < -0.4 is 0 Å². The molecule has 1 N–H and O–H groups in total. The first-order valence-electron chi connectivity index (χ1n) is 9.10. The second-order valence-electron chi connectivity index (χ2n) is 8.25. The topological polar surface area (TPSA) is 54.6 Å². The van der Waals surface area contributed by atoms with Gasteiger partial charge in [-0.2, -0.15) is 0 Å². The molecule has 0 unspecified atom stereocenters. The van der Waals surface area contributed by atoms with Crippen molar-refractivity contribution in [1.29, 1.82) is 0 Å². The molecule has 2 heterocycles. The molecule has 27 heavy (non-hydrogen) atoms. The number of aromatic nitrogens is 1. The minimum atomic E-state index is -1.89. The number of hydrogen-bond acceptors (Lipinski definition) is 5. The monoisotopic (exact) mass is 426 g/mol. The van der Waals surface area contributed by atoms with E-state index < -0.39 is 8.32 Å². The third-order valence-electron chi connectivity index (χ3n) is 5.29. The van der Waals surface area contributed by atoms with E-state index >= 15 is 0 Å². The average Bonchev–Trinajstić information content (AvgIpc) is 3.03. The lowest BCUT2D eigenvalue weighted by atomic mass is 10.0. The predicted octanol–water partition coefficient (Wildman–Crippen LogP) is 5.61. The van der Waals surface area contributed by atoms with Crippen LogP contribution in [0.1, 0.15) is 32.9 Å². The number of thiazole rings is 1. The fourth-order valence-electron chi connectivity index (χ4n) is 2.52. The Morgan fingerprint density at radius 2 is 2.22 bits per heavy atom. The Kier molecular flexibility index (Phi) is 7.24. The van der Waals surface area contributed by atoms with Gasteiger partial charge in [0, 0.05) is 5.38 Å². The molecule has 1 amide bonds. The molecule has 5 nitrogen and oxygen atoms in total. The summed E-state index contributed by atoms with van der Waals surface area (Å²) >= 11 is 6.68. The summed E-state index contributed by atoms with van der Waals surface area (Å²) in [6, 6.07) is -0.0400. The van der Waals surface area contributed by atoms with Crippen LogP contribution in [-0.2, 0) is 9.16 Å². The molecular weight excluding hydrogens is 396 g/mol. The van der Waals surface area contributed by atoms with Gasteiger partial charge in [-0.1, -0.05) is 39.5 Å². The summed E-state index contributed by atoms with van der Waals surface area (Å²) in [7, 11) is -1.89. The van der Waals surface area contributed by atoms with E-state index in [2.05, 4.69) is 51.5 Å². The van der Waals surface area contributed by atoms with Gasteiger partial charge in [0.05, 0.1) is 24.9 Å². The van der Waals surface area contributed by atoms with Crippen molar-refractivity contribution in [3.05, 3.63) is 33.8 Å². The van der Waals surface area contributed by atoms with Crippen molar-refractivity contribution in [2.24, 2.45) is 0 Å². The summed E-state index contributed by atoms with van der Waals surface area (Å²) in [5.41, 5.74) is 2.02. The summed E-state index contributed by atoms with van der Waals surface area (Å²) in [5.74, 6) is 0. The molecule has 1 aliphatic rings. The van der Waals surface area contributed by atoms with E-state index in [1.165, 1.54) is 11.3 Å². The molecule has 0 aliphatic carbocycles. The van der Waals surface area contributed by atoms with Gasteiger partial charge < -0.3 is 14.1 Å². The lowest BCUT2D eigenvalue weighted by molar-refractivity contribution is 0.0825. The average molecular weight is 427 g/mol. The van der Waals surface area contributed by atoms with Gasteiger partial charge in [0.15, 0.2) is 12.3 Å². The largest absolute Gasteiger partial charge is 0.445 e. The molecule has 0 spiro atoms. The van der Waals surface area contributed by atoms with Gasteiger partial charge in [0.25, 0.3) is 0 Å². The van der Waals surface area contributed by atoms with Crippen molar-refractivity contribution in [2.75, 3.05) is 19.8 Å². The van der Waals surface area contributed by atoms with E-state index in [1.54, 1.807) is 11.0 Å². The fourth-order valence-corrected chi connectivity index (χ4v) is 4.42. The number of nitrogens with one attached hydrogen (secondary N) is 1. The fraction of sp³-hybridized carbons (Fsp3) is 0.579. The van der Waals surface area contributed by atoms with Crippen LogP contribution in [0.3, 0.4) is 0 Å². The van der Waals surface area contributed by atoms with Crippen LogP contribution in [0.15, 0.2) is 24.1 Å². The third kappa shape index (κ3) is 5.63.